The summed E-state index contributed by atoms with van der Waals surface area (Å²) in [5.74, 6) is 0. The molecule has 0 saturated carbocycles. The Labute approximate surface area is 86.4 Å². The van der Waals surface area contributed by atoms with E-state index in [1.807, 2.05) is 18.5 Å². The van der Waals surface area contributed by atoms with Gasteiger partial charge in [0.15, 0.2) is 0 Å². The standard InChI is InChI=1S/C10H14N2.H2S/c1-12-7-3-5-10(12)9-4-2-6-11-8-9;/h2,4,6,8,10H,3,5,7H2,1H3;1H2. The van der Waals surface area contributed by atoms with Crippen LogP contribution in [0, 0.1) is 0 Å². The molecule has 0 N–H and O–H groups in total. The lowest BCUT2D eigenvalue weighted by atomic mass is 10.1. The molecule has 1 aliphatic rings. The summed E-state index contributed by atoms with van der Waals surface area (Å²) in [6.07, 6.45) is 6.41. The third-order valence-corrected chi connectivity index (χ3v) is 2.59. The number of hydrogen-bond acceptors (Lipinski definition) is 2. The lowest BCUT2D eigenvalue weighted by Crippen LogP contribution is -2.17. The van der Waals surface area contributed by atoms with Crippen molar-refractivity contribution >= 4 is 13.5 Å². The van der Waals surface area contributed by atoms with E-state index in [4.69, 9.17) is 0 Å². The van der Waals surface area contributed by atoms with E-state index in [1.165, 1.54) is 24.9 Å². The molecule has 2 nitrogen and oxygen atoms in total. The molecule has 72 valence electrons. The van der Waals surface area contributed by atoms with E-state index in [-0.39, 0.29) is 13.5 Å². The predicted octanol–water partition coefficient (Wildman–Crippen LogP) is 1.96. The molecule has 0 aromatic carbocycles. The molecule has 0 radical (unpaired) electrons. The Bertz CT molecular complexity index is 250. The second kappa shape index (κ2) is 4.63. The van der Waals surface area contributed by atoms with Crippen molar-refractivity contribution in [1.82, 2.24) is 9.88 Å². The highest BCUT2D eigenvalue weighted by Gasteiger charge is 2.21. The predicted molar refractivity (Wildman–Crippen MR) is 59.2 cm³/mol. The van der Waals surface area contributed by atoms with Gasteiger partial charge in [-0.2, -0.15) is 13.5 Å². The summed E-state index contributed by atoms with van der Waals surface area (Å²) in [4.78, 5) is 6.54. The maximum Gasteiger partial charge on any atom is 0.0360 e. The normalized spacial score (nSPS) is 22.7. The number of nitrogens with zero attached hydrogens (tertiary/aromatic N) is 2. The first kappa shape index (κ1) is 10.5. The van der Waals surface area contributed by atoms with Gasteiger partial charge in [-0.1, -0.05) is 6.07 Å². The van der Waals surface area contributed by atoms with Crippen molar-refractivity contribution in [1.29, 1.82) is 0 Å². The molecule has 1 aromatic rings. The quantitative estimate of drug-likeness (QED) is 0.682. The van der Waals surface area contributed by atoms with Gasteiger partial charge < -0.3 is 0 Å². The molecule has 1 fully saturated rings. The Morgan fingerprint density at radius 3 is 2.92 bits per heavy atom. The number of rotatable bonds is 1. The van der Waals surface area contributed by atoms with Gasteiger partial charge in [0.2, 0.25) is 0 Å². The Hall–Kier alpha value is -0.540. The van der Waals surface area contributed by atoms with Crippen LogP contribution in [0.2, 0.25) is 0 Å². The van der Waals surface area contributed by atoms with Crippen LogP contribution < -0.4 is 0 Å². The molecule has 0 amide bonds. The number of aromatic nitrogens is 1. The Kier molecular flexibility index (Phi) is 3.75. The molecule has 1 aromatic heterocycles. The summed E-state index contributed by atoms with van der Waals surface area (Å²) in [6, 6.07) is 4.79. The summed E-state index contributed by atoms with van der Waals surface area (Å²) in [5, 5.41) is 0. The van der Waals surface area contributed by atoms with Crippen molar-refractivity contribution in [3.05, 3.63) is 30.1 Å². The third-order valence-electron chi connectivity index (χ3n) is 2.59. The Balaban J connectivity index is 0.000000845. The molecule has 13 heavy (non-hydrogen) atoms. The van der Waals surface area contributed by atoms with Gasteiger partial charge in [-0.25, -0.2) is 0 Å². The van der Waals surface area contributed by atoms with E-state index in [0.29, 0.717) is 6.04 Å². The molecule has 3 heteroatoms. The molecule has 1 atom stereocenters. The zero-order valence-electron chi connectivity index (χ0n) is 7.90. The van der Waals surface area contributed by atoms with E-state index in [0.717, 1.165) is 0 Å². The maximum absolute atomic E-state index is 4.14. The summed E-state index contributed by atoms with van der Waals surface area (Å²) in [7, 11) is 2.19. The second-order valence-corrected chi connectivity index (χ2v) is 3.42. The van der Waals surface area contributed by atoms with Crippen LogP contribution in [0.5, 0.6) is 0 Å². The zero-order valence-corrected chi connectivity index (χ0v) is 8.90. The zero-order chi connectivity index (χ0) is 8.39. The molecule has 1 aliphatic heterocycles. The fourth-order valence-electron chi connectivity index (χ4n) is 1.90. The lowest BCUT2D eigenvalue weighted by molar-refractivity contribution is 0.317. The van der Waals surface area contributed by atoms with Crippen LogP contribution >= 0.6 is 13.5 Å². The van der Waals surface area contributed by atoms with Gasteiger partial charge in [-0.3, -0.25) is 9.88 Å². The van der Waals surface area contributed by atoms with E-state index < -0.39 is 0 Å². The summed E-state index contributed by atoms with van der Waals surface area (Å²) >= 11 is 0. The molecule has 1 saturated heterocycles. The monoisotopic (exact) mass is 196 g/mol. The topological polar surface area (TPSA) is 16.1 Å². The van der Waals surface area contributed by atoms with Crippen molar-refractivity contribution in [3.8, 4) is 0 Å². The van der Waals surface area contributed by atoms with Gasteiger partial charge in [0.1, 0.15) is 0 Å². The molecule has 0 spiro atoms. The van der Waals surface area contributed by atoms with Crippen molar-refractivity contribution in [2.75, 3.05) is 13.6 Å². The average molecular weight is 196 g/mol. The van der Waals surface area contributed by atoms with Crippen molar-refractivity contribution in [2.24, 2.45) is 0 Å². The van der Waals surface area contributed by atoms with E-state index in [9.17, 15) is 0 Å². The van der Waals surface area contributed by atoms with E-state index >= 15 is 0 Å². The van der Waals surface area contributed by atoms with Crippen LogP contribution in [-0.4, -0.2) is 23.5 Å². The minimum atomic E-state index is 0. The highest BCUT2D eigenvalue weighted by Crippen LogP contribution is 2.29. The maximum atomic E-state index is 4.14. The number of pyridine rings is 1. The van der Waals surface area contributed by atoms with E-state index in [1.54, 1.807) is 0 Å². The van der Waals surface area contributed by atoms with Crippen LogP contribution in [0.25, 0.3) is 0 Å². The van der Waals surface area contributed by atoms with Gasteiger partial charge >= 0.3 is 0 Å². The van der Waals surface area contributed by atoms with Gasteiger partial charge in [0, 0.05) is 18.4 Å². The molecule has 1 unspecified atom stereocenters. The van der Waals surface area contributed by atoms with Gasteiger partial charge in [0.25, 0.3) is 0 Å². The number of hydrogen-bond donors (Lipinski definition) is 0. The van der Waals surface area contributed by atoms with Crippen molar-refractivity contribution in [2.45, 2.75) is 18.9 Å². The molecular weight excluding hydrogens is 180 g/mol. The van der Waals surface area contributed by atoms with Crippen LogP contribution in [0.15, 0.2) is 24.5 Å². The smallest absolute Gasteiger partial charge is 0.0360 e. The van der Waals surface area contributed by atoms with Gasteiger partial charge in [-0.05, 0) is 38.1 Å². The minimum absolute atomic E-state index is 0. The highest BCUT2D eigenvalue weighted by molar-refractivity contribution is 7.59. The van der Waals surface area contributed by atoms with Crippen molar-refractivity contribution in [3.63, 3.8) is 0 Å². The first-order chi connectivity index (χ1) is 5.88. The summed E-state index contributed by atoms with van der Waals surface area (Å²) in [6.45, 7) is 1.22. The minimum Gasteiger partial charge on any atom is -0.299 e. The highest BCUT2D eigenvalue weighted by atomic mass is 32.1. The van der Waals surface area contributed by atoms with Crippen LogP contribution in [0.4, 0.5) is 0 Å². The Morgan fingerprint density at radius 2 is 2.38 bits per heavy atom. The summed E-state index contributed by atoms with van der Waals surface area (Å²) in [5.41, 5.74) is 1.36. The summed E-state index contributed by atoms with van der Waals surface area (Å²) < 4.78 is 0. The molecular formula is C10H16N2S. The number of likely N-dealkylation sites (tertiary alicyclic amines) is 1. The van der Waals surface area contributed by atoms with Crippen LogP contribution in [0.1, 0.15) is 24.4 Å². The third kappa shape index (κ3) is 2.23. The van der Waals surface area contributed by atoms with Crippen molar-refractivity contribution < 1.29 is 0 Å². The van der Waals surface area contributed by atoms with Gasteiger partial charge in [0.05, 0.1) is 0 Å². The Morgan fingerprint density at radius 1 is 1.54 bits per heavy atom. The van der Waals surface area contributed by atoms with E-state index in [2.05, 4.69) is 23.0 Å². The molecule has 2 rings (SSSR count). The molecule has 0 aliphatic carbocycles. The fraction of sp³-hybridized carbons (Fsp3) is 0.500. The van der Waals surface area contributed by atoms with Crippen LogP contribution in [-0.2, 0) is 0 Å². The SMILES string of the molecule is CN1CCCC1c1cccnc1.S. The molecule has 2 heterocycles. The fourth-order valence-corrected chi connectivity index (χ4v) is 1.90. The first-order valence-electron chi connectivity index (χ1n) is 4.48. The average Bonchev–Trinajstić information content (AvgIpc) is 2.53. The first-order valence-corrected chi connectivity index (χ1v) is 4.48. The lowest BCUT2D eigenvalue weighted by Gasteiger charge is -2.18. The largest absolute Gasteiger partial charge is 0.299 e. The molecule has 0 bridgehead atoms. The van der Waals surface area contributed by atoms with Crippen LogP contribution in [0.3, 0.4) is 0 Å². The van der Waals surface area contributed by atoms with Gasteiger partial charge in [-0.15, -0.1) is 0 Å². The second-order valence-electron chi connectivity index (χ2n) is 3.42.